The Morgan fingerprint density at radius 1 is 1.28 bits per heavy atom. The van der Waals surface area contributed by atoms with Crippen molar-refractivity contribution < 1.29 is 14.3 Å². The van der Waals surface area contributed by atoms with E-state index < -0.39 is 5.91 Å². The van der Waals surface area contributed by atoms with Gasteiger partial charge in [-0.05, 0) is 24.1 Å². The van der Waals surface area contributed by atoms with Gasteiger partial charge in [0.05, 0.1) is 18.3 Å². The molecule has 9 nitrogen and oxygen atoms in total. The third kappa shape index (κ3) is 3.16. The standard InChI is InChI=1S/C16H16N6O3/c17-14(23)6-15-20-16(4-1-10-7-18-19-8-10)22(21-15)11-2-3-12-13(5-11)25-9-24-12/h2-3,5,7-8H,1,4,6,9H2,(H2,17,23)(H,18,19). The highest BCUT2D eigenvalue weighted by atomic mass is 16.7. The molecule has 0 saturated carbocycles. The van der Waals surface area contributed by atoms with Crippen LogP contribution in [0.2, 0.25) is 0 Å². The monoisotopic (exact) mass is 340 g/mol. The van der Waals surface area contributed by atoms with Crippen LogP contribution in [0.1, 0.15) is 17.2 Å². The van der Waals surface area contributed by atoms with E-state index in [0.717, 1.165) is 23.5 Å². The summed E-state index contributed by atoms with van der Waals surface area (Å²) in [6, 6.07) is 5.54. The fraction of sp³-hybridized carbons (Fsp3) is 0.250. The first-order chi connectivity index (χ1) is 12.2. The van der Waals surface area contributed by atoms with E-state index in [9.17, 15) is 4.79 Å². The Morgan fingerprint density at radius 3 is 2.96 bits per heavy atom. The molecule has 0 unspecified atom stereocenters. The van der Waals surface area contributed by atoms with E-state index in [1.165, 1.54) is 0 Å². The van der Waals surface area contributed by atoms with Gasteiger partial charge in [-0.15, -0.1) is 0 Å². The fourth-order valence-electron chi connectivity index (χ4n) is 2.68. The summed E-state index contributed by atoms with van der Waals surface area (Å²) in [5.74, 6) is 2.01. The van der Waals surface area contributed by atoms with Gasteiger partial charge in [0, 0.05) is 18.7 Å². The number of hydrogen-bond acceptors (Lipinski definition) is 6. The molecule has 1 aliphatic heterocycles. The maximum absolute atomic E-state index is 11.2. The van der Waals surface area contributed by atoms with Gasteiger partial charge in [0.25, 0.3) is 0 Å². The highest BCUT2D eigenvalue weighted by Gasteiger charge is 2.18. The van der Waals surface area contributed by atoms with Crippen LogP contribution in [0.4, 0.5) is 0 Å². The molecule has 0 radical (unpaired) electrons. The average Bonchev–Trinajstić information content (AvgIpc) is 3.32. The quantitative estimate of drug-likeness (QED) is 0.675. The van der Waals surface area contributed by atoms with Crippen LogP contribution in [0.15, 0.2) is 30.6 Å². The SMILES string of the molecule is NC(=O)Cc1nc(CCc2cn[nH]c2)n(-c2ccc3c(c2)OCO3)n1. The molecule has 2 aromatic heterocycles. The summed E-state index contributed by atoms with van der Waals surface area (Å²) in [6.07, 6.45) is 4.99. The van der Waals surface area contributed by atoms with Crippen LogP contribution in [0.25, 0.3) is 5.69 Å². The Kier molecular flexibility index (Phi) is 3.81. The maximum atomic E-state index is 11.2. The lowest BCUT2D eigenvalue weighted by atomic mass is 10.2. The average molecular weight is 340 g/mol. The number of rotatable bonds is 6. The number of nitrogens with two attached hydrogens (primary N) is 1. The molecule has 128 valence electrons. The third-order valence-electron chi connectivity index (χ3n) is 3.84. The minimum atomic E-state index is -0.468. The minimum Gasteiger partial charge on any atom is -0.454 e. The van der Waals surface area contributed by atoms with Crippen molar-refractivity contribution in [1.29, 1.82) is 0 Å². The molecule has 4 rings (SSSR count). The molecule has 1 amide bonds. The van der Waals surface area contributed by atoms with Crippen molar-refractivity contribution in [3.8, 4) is 17.2 Å². The first-order valence-corrected chi connectivity index (χ1v) is 7.80. The van der Waals surface area contributed by atoms with E-state index in [0.29, 0.717) is 23.7 Å². The van der Waals surface area contributed by atoms with E-state index in [4.69, 9.17) is 15.2 Å². The number of H-pyrrole nitrogens is 1. The lowest BCUT2D eigenvalue weighted by Gasteiger charge is -2.06. The molecule has 0 aliphatic carbocycles. The Labute approximate surface area is 142 Å². The largest absolute Gasteiger partial charge is 0.454 e. The van der Waals surface area contributed by atoms with E-state index in [2.05, 4.69) is 20.3 Å². The minimum absolute atomic E-state index is 0.00371. The van der Waals surface area contributed by atoms with Crippen LogP contribution in [-0.2, 0) is 24.1 Å². The number of hydrogen-bond donors (Lipinski definition) is 2. The van der Waals surface area contributed by atoms with Crippen molar-refractivity contribution in [3.05, 3.63) is 47.8 Å². The summed E-state index contributed by atoms with van der Waals surface area (Å²) in [4.78, 5) is 15.7. The molecule has 1 aliphatic rings. The Morgan fingerprint density at radius 2 is 2.16 bits per heavy atom. The van der Waals surface area contributed by atoms with E-state index in [1.807, 2.05) is 24.4 Å². The molecule has 3 aromatic rings. The Bertz CT molecular complexity index is 903. The summed E-state index contributed by atoms with van der Waals surface area (Å²) in [7, 11) is 0. The van der Waals surface area contributed by atoms with Crippen molar-refractivity contribution >= 4 is 5.91 Å². The highest BCUT2D eigenvalue weighted by Crippen LogP contribution is 2.33. The number of fused-ring (bicyclic) bond motifs is 1. The Balaban J connectivity index is 1.66. The zero-order valence-corrected chi connectivity index (χ0v) is 13.3. The second-order valence-electron chi connectivity index (χ2n) is 5.64. The molecule has 3 heterocycles. The number of amides is 1. The van der Waals surface area contributed by atoms with Gasteiger partial charge in [-0.2, -0.15) is 10.2 Å². The van der Waals surface area contributed by atoms with Gasteiger partial charge in [0.1, 0.15) is 5.82 Å². The summed E-state index contributed by atoms with van der Waals surface area (Å²) in [5, 5.41) is 11.2. The Hall–Kier alpha value is -3.36. The van der Waals surface area contributed by atoms with Gasteiger partial charge < -0.3 is 15.2 Å². The number of ether oxygens (including phenoxy) is 2. The number of nitrogens with one attached hydrogen (secondary N) is 1. The molecule has 0 spiro atoms. The highest BCUT2D eigenvalue weighted by molar-refractivity contribution is 5.75. The lowest BCUT2D eigenvalue weighted by Crippen LogP contribution is -2.14. The summed E-state index contributed by atoms with van der Waals surface area (Å²) in [6.45, 7) is 0.205. The van der Waals surface area contributed by atoms with Crippen molar-refractivity contribution in [2.75, 3.05) is 6.79 Å². The first-order valence-electron chi connectivity index (χ1n) is 7.80. The van der Waals surface area contributed by atoms with Crippen molar-refractivity contribution in [2.45, 2.75) is 19.3 Å². The van der Waals surface area contributed by atoms with Crippen LogP contribution in [0.3, 0.4) is 0 Å². The van der Waals surface area contributed by atoms with Crippen molar-refractivity contribution in [3.63, 3.8) is 0 Å². The van der Waals surface area contributed by atoms with E-state index in [-0.39, 0.29) is 13.2 Å². The molecule has 0 bridgehead atoms. The summed E-state index contributed by atoms with van der Waals surface area (Å²) >= 11 is 0. The number of carbonyl (C=O) groups excluding carboxylic acids is 1. The molecule has 0 saturated heterocycles. The van der Waals surface area contributed by atoms with Gasteiger partial charge in [-0.3, -0.25) is 9.89 Å². The number of carbonyl (C=O) groups is 1. The van der Waals surface area contributed by atoms with Crippen LogP contribution in [-0.4, -0.2) is 37.7 Å². The third-order valence-corrected chi connectivity index (χ3v) is 3.84. The zero-order chi connectivity index (χ0) is 17.2. The lowest BCUT2D eigenvalue weighted by molar-refractivity contribution is -0.117. The second-order valence-corrected chi connectivity index (χ2v) is 5.64. The molecule has 0 fully saturated rings. The number of primary amides is 1. The van der Waals surface area contributed by atoms with Crippen LogP contribution in [0, 0.1) is 0 Å². The van der Waals surface area contributed by atoms with E-state index >= 15 is 0 Å². The van der Waals surface area contributed by atoms with E-state index in [1.54, 1.807) is 10.9 Å². The summed E-state index contributed by atoms with van der Waals surface area (Å²) in [5.41, 5.74) is 7.12. The summed E-state index contributed by atoms with van der Waals surface area (Å²) < 4.78 is 12.5. The number of benzene rings is 1. The van der Waals surface area contributed by atoms with Gasteiger partial charge in [-0.25, -0.2) is 9.67 Å². The number of aromatic nitrogens is 5. The molecule has 3 N–H and O–H groups in total. The van der Waals surface area contributed by atoms with Crippen molar-refractivity contribution in [1.82, 2.24) is 25.0 Å². The number of aromatic amines is 1. The van der Waals surface area contributed by atoms with Gasteiger partial charge >= 0.3 is 0 Å². The maximum Gasteiger partial charge on any atom is 0.231 e. The molecular formula is C16H16N6O3. The molecule has 1 aromatic carbocycles. The first kappa shape index (κ1) is 15.2. The van der Waals surface area contributed by atoms with Crippen LogP contribution < -0.4 is 15.2 Å². The molecule has 25 heavy (non-hydrogen) atoms. The van der Waals surface area contributed by atoms with Gasteiger partial charge in [0.15, 0.2) is 17.3 Å². The smallest absolute Gasteiger partial charge is 0.231 e. The van der Waals surface area contributed by atoms with Gasteiger partial charge in [0.2, 0.25) is 12.7 Å². The normalized spacial score (nSPS) is 12.5. The van der Waals surface area contributed by atoms with Crippen LogP contribution in [0.5, 0.6) is 11.5 Å². The molecule has 0 atom stereocenters. The van der Waals surface area contributed by atoms with Crippen LogP contribution >= 0.6 is 0 Å². The fourth-order valence-corrected chi connectivity index (χ4v) is 2.68. The molecule has 9 heteroatoms. The number of nitrogens with zero attached hydrogens (tertiary/aromatic N) is 4. The molecular weight excluding hydrogens is 324 g/mol. The van der Waals surface area contributed by atoms with Gasteiger partial charge in [-0.1, -0.05) is 0 Å². The zero-order valence-electron chi connectivity index (χ0n) is 13.3. The topological polar surface area (TPSA) is 121 Å². The number of aryl methyl sites for hydroxylation is 2. The second kappa shape index (κ2) is 6.27. The van der Waals surface area contributed by atoms with Crippen molar-refractivity contribution in [2.24, 2.45) is 5.73 Å². The predicted octanol–water partition coefficient (Wildman–Crippen LogP) is 0.532. The predicted molar refractivity (Wildman–Crippen MR) is 86.4 cm³/mol.